The Hall–Kier alpha value is -4.20. The van der Waals surface area contributed by atoms with Gasteiger partial charge in [-0.05, 0) is 83.6 Å². The van der Waals surface area contributed by atoms with Gasteiger partial charge in [-0.2, -0.15) is 0 Å². The van der Waals surface area contributed by atoms with Gasteiger partial charge in [0, 0.05) is 36.8 Å². The van der Waals surface area contributed by atoms with Crippen LogP contribution in [0.3, 0.4) is 0 Å². The number of carbonyl (C=O) groups excluding carboxylic acids is 1. The first kappa shape index (κ1) is 29.5. The van der Waals surface area contributed by atoms with E-state index in [9.17, 15) is 4.79 Å². The lowest BCUT2D eigenvalue weighted by Gasteiger charge is -2.28. The molecule has 2 fully saturated rings. The highest BCUT2D eigenvalue weighted by Gasteiger charge is 2.21. The van der Waals surface area contributed by atoms with Crippen molar-refractivity contribution >= 4 is 33.4 Å². The van der Waals surface area contributed by atoms with Gasteiger partial charge in [-0.25, -0.2) is 4.98 Å². The van der Waals surface area contributed by atoms with E-state index in [0.29, 0.717) is 12.5 Å². The number of nitrogens with zero attached hydrogens (tertiary/aromatic N) is 3. The number of primary amides is 1. The van der Waals surface area contributed by atoms with Crippen molar-refractivity contribution in [1.82, 2.24) is 14.9 Å². The summed E-state index contributed by atoms with van der Waals surface area (Å²) in [4.78, 5) is 19.8. The van der Waals surface area contributed by atoms with Crippen LogP contribution in [-0.4, -0.2) is 48.3 Å². The summed E-state index contributed by atoms with van der Waals surface area (Å²) in [5.41, 5.74) is 12.3. The molecule has 1 saturated carbocycles. The zero-order chi connectivity index (χ0) is 30.6. The first-order chi connectivity index (χ1) is 22.1. The number of aromatic nitrogens is 2. The van der Waals surface area contributed by atoms with Crippen LogP contribution in [0.25, 0.3) is 33.2 Å². The third-order valence-electron chi connectivity index (χ3n) is 9.67. The largest absolute Gasteiger partial charge is 0.378 e. The Morgan fingerprint density at radius 2 is 1.71 bits per heavy atom. The molecule has 7 heteroatoms. The van der Waals surface area contributed by atoms with Crippen LogP contribution in [0.5, 0.6) is 0 Å². The summed E-state index contributed by atoms with van der Waals surface area (Å²) >= 11 is 0. The van der Waals surface area contributed by atoms with E-state index in [4.69, 9.17) is 15.5 Å². The van der Waals surface area contributed by atoms with E-state index in [1.54, 1.807) is 0 Å². The van der Waals surface area contributed by atoms with E-state index >= 15 is 0 Å². The Bertz CT molecular complexity index is 1760. The first-order valence-electron chi connectivity index (χ1n) is 16.5. The van der Waals surface area contributed by atoms with Crippen molar-refractivity contribution in [3.8, 4) is 11.4 Å². The standard InChI is InChI=1S/C38H43N5O2/c39-37(44)24-34(40-25-27-7-2-1-3-8-27)30-15-18-36-35(23-30)41-38(29-13-16-32(17-14-29)42-19-21-45-22-20-42)43(36)26-31-11-6-10-28-9-4-5-12-33(28)31/h4-6,9-18,23,27,34,40H,1-3,7-8,19-22,24-26H2,(H2,39,44). The number of anilines is 1. The van der Waals surface area contributed by atoms with Gasteiger partial charge in [0.15, 0.2) is 0 Å². The van der Waals surface area contributed by atoms with Gasteiger partial charge in [-0.1, -0.05) is 67.8 Å². The zero-order valence-corrected chi connectivity index (χ0v) is 26.0. The number of carbonyl (C=O) groups is 1. The lowest BCUT2D eigenvalue weighted by Crippen LogP contribution is -2.36. The number of morpholine rings is 1. The highest BCUT2D eigenvalue weighted by Crippen LogP contribution is 2.32. The van der Waals surface area contributed by atoms with Gasteiger partial charge < -0.3 is 25.3 Å². The molecule has 1 saturated heterocycles. The molecule has 4 aromatic carbocycles. The molecular weight excluding hydrogens is 558 g/mol. The van der Waals surface area contributed by atoms with Crippen LogP contribution in [0.1, 0.15) is 55.7 Å². The maximum absolute atomic E-state index is 12.1. The third kappa shape index (κ3) is 6.60. The van der Waals surface area contributed by atoms with Gasteiger partial charge in [0.25, 0.3) is 0 Å². The third-order valence-corrected chi connectivity index (χ3v) is 9.67. The molecule has 0 radical (unpaired) electrons. The maximum atomic E-state index is 12.1. The molecule has 1 aliphatic heterocycles. The smallest absolute Gasteiger partial charge is 0.219 e. The fourth-order valence-corrected chi connectivity index (χ4v) is 7.20. The Kier molecular flexibility index (Phi) is 8.80. The topological polar surface area (TPSA) is 85.4 Å². The summed E-state index contributed by atoms with van der Waals surface area (Å²) in [5.74, 6) is 1.30. The number of nitrogens with two attached hydrogens (primary N) is 1. The van der Waals surface area contributed by atoms with Gasteiger partial charge in [-0.3, -0.25) is 4.79 Å². The van der Waals surface area contributed by atoms with E-state index in [0.717, 1.165) is 60.8 Å². The normalized spacial score (nSPS) is 16.8. The molecule has 232 valence electrons. The molecule has 1 unspecified atom stereocenters. The Morgan fingerprint density at radius 3 is 2.51 bits per heavy atom. The Labute approximate surface area is 265 Å². The van der Waals surface area contributed by atoms with Gasteiger partial charge in [-0.15, -0.1) is 0 Å². The van der Waals surface area contributed by atoms with Crippen LogP contribution in [0, 0.1) is 5.92 Å². The summed E-state index contributed by atoms with van der Waals surface area (Å²) < 4.78 is 7.90. The van der Waals surface area contributed by atoms with Crippen LogP contribution in [-0.2, 0) is 16.1 Å². The van der Waals surface area contributed by atoms with E-state index in [2.05, 4.69) is 99.7 Å². The average Bonchev–Trinajstić information content (AvgIpc) is 3.45. The molecule has 7 nitrogen and oxygen atoms in total. The summed E-state index contributed by atoms with van der Waals surface area (Å²) in [6.45, 7) is 4.94. The van der Waals surface area contributed by atoms with Crippen molar-refractivity contribution < 1.29 is 9.53 Å². The van der Waals surface area contributed by atoms with Crippen molar-refractivity contribution in [1.29, 1.82) is 0 Å². The number of rotatable bonds is 10. The van der Waals surface area contributed by atoms with Crippen molar-refractivity contribution in [3.63, 3.8) is 0 Å². The molecule has 1 aromatic heterocycles. The number of fused-ring (bicyclic) bond motifs is 2. The lowest BCUT2D eigenvalue weighted by molar-refractivity contribution is -0.118. The highest BCUT2D eigenvalue weighted by atomic mass is 16.5. The number of benzene rings is 4. The minimum Gasteiger partial charge on any atom is -0.378 e. The van der Waals surface area contributed by atoms with E-state index in [-0.39, 0.29) is 18.4 Å². The molecule has 2 heterocycles. The molecule has 0 spiro atoms. The van der Waals surface area contributed by atoms with Gasteiger partial charge in [0.2, 0.25) is 5.91 Å². The monoisotopic (exact) mass is 601 g/mol. The molecule has 1 atom stereocenters. The van der Waals surface area contributed by atoms with E-state index < -0.39 is 0 Å². The van der Waals surface area contributed by atoms with Gasteiger partial charge in [0.05, 0.1) is 30.8 Å². The lowest BCUT2D eigenvalue weighted by atomic mass is 9.89. The van der Waals surface area contributed by atoms with Crippen molar-refractivity contribution in [2.45, 2.75) is 51.1 Å². The molecule has 5 aromatic rings. The Morgan fingerprint density at radius 1 is 0.933 bits per heavy atom. The molecule has 45 heavy (non-hydrogen) atoms. The zero-order valence-electron chi connectivity index (χ0n) is 26.0. The number of imidazole rings is 1. The fraction of sp³-hybridized carbons (Fsp3) is 0.368. The first-order valence-corrected chi connectivity index (χ1v) is 16.5. The molecule has 1 aliphatic carbocycles. The van der Waals surface area contributed by atoms with E-state index in [1.807, 2.05) is 0 Å². The number of hydrogen-bond acceptors (Lipinski definition) is 5. The molecule has 0 bridgehead atoms. The molecular formula is C38H43N5O2. The second kappa shape index (κ2) is 13.4. The average molecular weight is 602 g/mol. The minimum absolute atomic E-state index is 0.131. The molecule has 3 N–H and O–H groups in total. The van der Waals surface area contributed by atoms with Crippen LogP contribution in [0.4, 0.5) is 5.69 Å². The molecule has 7 rings (SSSR count). The number of nitrogens with one attached hydrogen (secondary N) is 1. The second-order valence-corrected chi connectivity index (χ2v) is 12.7. The summed E-state index contributed by atoms with van der Waals surface area (Å²) in [6.07, 6.45) is 6.69. The molecule has 1 amide bonds. The van der Waals surface area contributed by atoms with Crippen LogP contribution in [0.2, 0.25) is 0 Å². The maximum Gasteiger partial charge on any atom is 0.219 e. The Balaban J connectivity index is 1.26. The minimum atomic E-state index is -0.293. The summed E-state index contributed by atoms with van der Waals surface area (Å²) in [5, 5.41) is 6.19. The quantitative estimate of drug-likeness (QED) is 0.183. The van der Waals surface area contributed by atoms with Crippen molar-refractivity contribution in [2.24, 2.45) is 11.7 Å². The second-order valence-electron chi connectivity index (χ2n) is 12.7. The number of ether oxygens (including phenoxy) is 1. The summed E-state index contributed by atoms with van der Waals surface area (Å²) in [7, 11) is 0. The predicted octanol–water partition coefficient (Wildman–Crippen LogP) is 6.83. The van der Waals surface area contributed by atoms with Gasteiger partial charge >= 0.3 is 0 Å². The highest BCUT2D eigenvalue weighted by molar-refractivity contribution is 5.87. The number of amides is 1. The molecule has 2 aliphatic rings. The SMILES string of the molecule is NC(=O)CC(NCC1CCCCC1)c1ccc2c(c1)nc(-c1ccc(N3CCOCC3)cc1)n2Cc1cccc2ccccc12. The van der Waals surface area contributed by atoms with Crippen LogP contribution < -0.4 is 16.0 Å². The summed E-state index contributed by atoms with van der Waals surface area (Å²) in [6, 6.07) is 30.2. The van der Waals surface area contributed by atoms with Crippen molar-refractivity contribution in [3.05, 3.63) is 96.1 Å². The van der Waals surface area contributed by atoms with Crippen molar-refractivity contribution in [2.75, 3.05) is 37.7 Å². The predicted molar refractivity (Wildman–Crippen MR) is 182 cm³/mol. The van der Waals surface area contributed by atoms with Crippen LogP contribution in [0.15, 0.2) is 84.9 Å². The van der Waals surface area contributed by atoms with E-state index in [1.165, 1.54) is 54.1 Å². The van der Waals surface area contributed by atoms with Crippen LogP contribution >= 0.6 is 0 Å². The fourth-order valence-electron chi connectivity index (χ4n) is 7.20. The van der Waals surface area contributed by atoms with Gasteiger partial charge in [0.1, 0.15) is 5.82 Å². The number of hydrogen-bond donors (Lipinski definition) is 2.